The summed E-state index contributed by atoms with van der Waals surface area (Å²) < 4.78 is 11.7. The van der Waals surface area contributed by atoms with Crippen LogP contribution in [0.4, 0.5) is 0 Å². The number of methoxy groups -OCH3 is 1. The van der Waals surface area contributed by atoms with Gasteiger partial charge in [0.1, 0.15) is 9.32 Å². The third-order valence-electron chi connectivity index (χ3n) is 1.83. The average molecular weight is 291 g/mol. The molecule has 1 aliphatic rings. The second kappa shape index (κ2) is 3.69. The topological polar surface area (TPSA) is 31.4 Å². The van der Waals surface area contributed by atoms with Gasteiger partial charge in [-0.2, -0.15) is 0 Å². The highest BCUT2D eigenvalue weighted by molar-refractivity contribution is 14.1. The van der Waals surface area contributed by atoms with Gasteiger partial charge in [-0.3, -0.25) is 0 Å². The third kappa shape index (κ3) is 2.04. The van der Waals surface area contributed by atoms with Crippen LogP contribution in [0, 0.1) is 3.57 Å². The first-order chi connectivity index (χ1) is 6.31. The van der Waals surface area contributed by atoms with Crippen LogP contribution in [0.1, 0.15) is 12.8 Å². The molecule has 0 aliphatic heterocycles. The summed E-state index contributed by atoms with van der Waals surface area (Å²) in [6, 6.07) is 1.88. The van der Waals surface area contributed by atoms with Gasteiger partial charge in [-0.05, 0) is 41.5 Å². The van der Waals surface area contributed by atoms with E-state index in [2.05, 4.69) is 27.6 Å². The predicted molar refractivity (Wildman–Crippen MR) is 57.2 cm³/mol. The van der Waals surface area contributed by atoms with Gasteiger partial charge in [0.05, 0.1) is 13.2 Å². The van der Waals surface area contributed by atoms with Crippen molar-refractivity contribution in [3.8, 4) is 11.6 Å². The highest BCUT2D eigenvalue weighted by Gasteiger charge is 2.25. The fourth-order valence-electron chi connectivity index (χ4n) is 1.01. The van der Waals surface area contributed by atoms with Crippen LogP contribution in [0.2, 0.25) is 0 Å². The minimum Gasteiger partial charge on any atom is -0.489 e. The van der Waals surface area contributed by atoms with Gasteiger partial charge in [0.15, 0.2) is 0 Å². The molecule has 1 aromatic heterocycles. The Labute approximate surface area is 90.6 Å². The Morgan fingerprint density at radius 2 is 2.31 bits per heavy atom. The fraction of sp³-hybridized carbons (Fsp3) is 0.444. The molecule has 1 aromatic rings. The number of ether oxygens (including phenoxy) is 2. The molecule has 1 saturated carbocycles. The van der Waals surface area contributed by atoms with Crippen LogP contribution in [0.15, 0.2) is 12.3 Å². The van der Waals surface area contributed by atoms with E-state index in [4.69, 9.17) is 9.47 Å². The van der Waals surface area contributed by atoms with Gasteiger partial charge in [0, 0.05) is 6.20 Å². The third-order valence-corrected chi connectivity index (χ3v) is 2.83. The number of aromatic nitrogens is 1. The molecule has 0 atom stereocenters. The minimum atomic E-state index is 0.417. The zero-order valence-corrected chi connectivity index (χ0v) is 9.45. The summed E-state index contributed by atoms with van der Waals surface area (Å²) in [5, 5.41) is 0. The van der Waals surface area contributed by atoms with Crippen LogP contribution in [0.25, 0.3) is 0 Å². The van der Waals surface area contributed by atoms with Crippen molar-refractivity contribution >= 4 is 22.6 Å². The zero-order valence-electron chi connectivity index (χ0n) is 7.29. The van der Waals surface area contributed by atoms with E-state index >= 15 is 0 Å². The summed E-state index contributed by atoms with van der Waals surface area (Å²) in [6.07, 6.45) is 4.46. The summed E-state index contributed by atoms with van der Waals surface area (Å²) in [6.45, 7) is 0. The first kappa shape index (κ1) is 9.05. The Morgan fingerprint density at radius 1 is 1.54 bits per heavy atom. The summed E-state index contributed by atoms with van der Waals surface area (Å²) >= 11 is 2.19. The van der Waals surface area contributed by atoms with Crippen molar-refractivity contribution in [2.24, 2.45) is 0 Å². The molecule has 0 aromatic carbocycles. The molecule has 3 nitrogen and oxygen atoms in total. The van der Waals surface area contributed by atoms with Crippen molar-refractivity contribution in [2.45, 2.75) is 18.9 Å². The van der Waals surface area contributed by atoms with E-state index in [1.807, 2.05) is 6.07 Å². The van der Waals surface area contributed by atoms with Gasteiger partial charge < -0.3 is 9.47 Å². The summed E-state index contributed by atoms with van der Waals surface area (Å²) in [4.78, 5) is 4.08. The van der Waals surface area contributed by atoms with Crippen LogP contribution in [-0.2, 0) is 0 Å². The highest BCUT2D eigenvalue weighted by atomic mass is 127. The molecular weight excluding hydrogens is 281 g/mol. The maximum absolute atomic E-state index is 5.67. The van der Waals surface area contributed by atoms with Gasteiger partial charge in [-0.25, -0.2) is 4.98 Å². The second-order valence-electron chi connectivity index (χ2n) is 2.95. The molecule has 0 unspecified atom stereocenters. The molecular formula is C9H10INO2. The summed E-state index contributed by atoms with van der Waals surface area (Å²) in [5.41, 5.74) is 0. The Morgan fingerprint density at radius 3 is 2.92 bits per heavy atom. The van der Waals surface area contributed by atoms with Gasteiger partial charge in [0.25, 0.3) is 0 Å². The summed E-state index contributed by atoms with van der Waals surface area (Å²) in [7, 11) is 1.62. The van der Waals surface area contributed by atoms with Crippen molar-refractivity contribution in [1.82, 2.24) is 4.98 Å². The van der Waals surface area contributed by atoms with E-state index in [1.165, 1.54) is 12.8 Å². The van der Waals surface area contributed by atoms with Crippen LogP contribution in [0.5, 0.6) is 11.6 Å². The minimum absolute atomic E-state index is 0.417. The Kier molecular flexibility index (Phi) is 2.57. The molecule has 0 radical (unpaired) electrons. The average Bonchev–Trinajstić information content (AvgIpc) is 2.92. The zero-order chi connectivity index (χ0) is 9.26. The van der Waals surface area contributed by atoms with E-state index in [0.717, 1.165) is 9.32 Å². The van der Waals surface area contributed by atoms with E-state index < -0.39 is 0 Å². The van der Waals surface area contributed by atoms with Crippen LogP contribution in [-0.4, -0.2) is 18.2 Å². The standard InChI is InChI=1S/C9H10INO2/c1-12-9-8(10)7(4-5-11-9)13-6-2-3-6/h4-6H,2-3H2,1H3. The maximum Gasteiger partial charge on any atom is 0.230 e. The van der Waals surface area contributed by atoms with Crippen molar-refractivity contribution in [2.75, 3.05) is 7.11 Å². The number of hydrogen-bond donors (Lipinski definition) is 0. The summed E-state index contributed by atoms with van der Waals surface area (Å²) in [5.74, 6) is 1.52. The van der Waals surface area contributed by atoms with Crippen molar-refractivity contribution in [3.63, 3.8) is 0 Å². The normalized spacial score (nSPS) is 15.5. The highest BCUT2D eigenvalue weighted by Crippen LogP contribution is 2.32. The van der Waals surface area contributed by atoms with Gasteiger partial charge in [-0.1, -0.05) is 0 Å². The lowest BCUT2D eigenvalue weighted by Crippen LogP contribution is -2.00. The molecule has 0 amide bonds. The molecule has 1 fully saturated rings. The van der Waals surface area contributed by atoms with Crippen molar-refractivity contribution in [3.05, 3.63) is 15.8 Å². The molecule has 2 rings (SSSR count). The van der Waals surface area contributed by atoms with Crippen LogP contribution >= 0.6 is 22.6 Å². The number of hydrogen-bond acceptors (Lipinski definition) is 3. The molecule has 1 aliphatic carbocycles. The van der Waals surface area contributed by atoms with Gasteiger partial charge in [-0.15, -0.1) is 0 Å². The fourth-order valence-corrected chi connectivity index (χ4v) is 1.67. The van der Waals surface area contributed by atoms with Crippen molar-refractivity contribution in [1.29, 1.82) is 0 Å². The molecule has 1 heterocycles. The lowest BCUT2D eigenvalue weighted by molar-refractivity contribution is 0.296. The number of halogens is 1. The van der Waals surface area contributed by atoms with Crippen molar-refractivity contribution < 1.29 is 9.47 Å². The van der Waals surface area contributed by atoms with Gasteiger partial charge in [0.2, 0.25) is 5.88 Å². The smallest absolute Gasteiger partial charge is 0.230 e. The molecule has 0 N–H and O–H groups in total. The molecule has 4 heteroatoms. The lowest BCUT2D eigenvalue weighted by Gasteiger charge is -2.08. The first-order valence-electron chi connectivity index (χ1n) is 4.16. The Hall–Kier alpha value is -0.520. The molecule has 0 saturated heterocycles. The number of rotatable bonds is 3. The van der Waals surface area contributed by atoms with E-state index in [-0.39, 0.29) is 0 Å². The maximum atomic E-state index is 5.67. The van der Waals surface area contributed by atoms with E-state index in [9.17, 15) is 0 Å². The SMILES string of the molecule is COc1nccc(OC2CC2)c1I. The molecule has 13 heavy (non-hydrogen) atoms. The van der Waals surface area contributed by atoms with Gasteiger partial charge >= 0.3 is 0 Å². The number of nitrogens with zero attached hydrogens (tertiary/aromatic N) is 1. The Balaban J connectivity index is 2.22. The molecule has 0 spiro atoms. The molecule has 70 valence electrons. The van der Waals surface area contributed by atoms with E-state index in [0.29, 0.717) is 12.0 Å². The van der Waals surface area contributed by atoms with Crippen LogP contribution in [0.3, 0.4) is 0 Å². The second-order valence-corrected chi connectivity index (χ2v) is 4.03. The number of pyridine rings is 1. The van der Waals surface area contributed by atoms with E-state index in [1.54, 1.807) is 13.3 Å². The Bertz CT molecular complexity index is 312. The predicted octanol–water partition coefficient (Wildman–Crippen LogP) is 2.24. The lowest BCUT2D eigenvalue weighted by atomic mass is 10.4. The van der Waals surface area contributed by atoms with Crippen LogP contribution < -0.4 is 9.47 Å². The molecule has 0 bridgehead atoms. The first-order valence-corrected chi connectivity index (χ1v) is 5.24. The largest absolute Gasteiger partial charge is 0.489 e. The quantitative estimate of drug-likeness (QED) is 0.800. The monoisotopic (exact) mass is 291 g/mol.